The van der Waals surface area contributed by atoms with E-state index in [1.54, 1.807) is 12.1 Å². The number of hydrogen-bond acceptors (Lipinski definition) is 2. The number of benzene rings is 3. The minimum atomic E-state index is -0.109. The van der Waals surface area contributed by atoms with Gasteiger partial charge in [0.05, 0.1) is 6.04 Å². The second-order valence-electron chi connectivity index (χ2n) is 7.47. The molecule has 3 nitrogen and oxygen atoms in total. The molecule has 0 saturated heterocycles. The van der Waals surface area contributed by atoms with Crippen LogP contribution in [-0.2, 0) is 6.61 Å². The summed E-state index contributed by atoms with van der Waals surface area (Å²) in [6.07, 6.45) is 0.873. The van der Waals surface area contributed by atoms with Crippen molar-refractivity contribution < 1.29 is 9.53 Å². The first-order chi connectivity index (χ1) is 14.0. The maximum Gasteiger partial charge on any atom is 0.251 e. The van der Waals surface area contributed by atoms with Crippen LogP contribution in [0.5, 0.6) is 5.75 Å². The second kappa shape index (κ2) is 10.1. The van der Waals surface area contributed by atoms with Crippen LogP contribution in [0.3, 0.4) is 0 Å². The standard InChI is InChI=1S/C25H26ClNO2/c1-18(2)15-24(19-9-4-3-5-10-19)27-25(28)20-12-8-13-22(16-20)29-17-21-11-6-7-14-23(21)26/h3-14,16,18,24H,15,17H2,1-2H3,(H,27,28). The summed E-state index contributed by atoms with van der Waals surface area (Å²) in [5.41, 5.74) is 2.59. The molecule has 1 unspecified atom stereocenters. The number of nitrogens with one attached hydrogen (secondary N) is 1. The zero-order valence-electron chi connectivity index (χ0n) is 16.8. The molecule has 0 spiro atoms. The Morgan fingerprint density at radius 2 is 1.69 bits per heavy atom. The summed E-state index contributed by atoms with van der Waals surface area (Å²) in [7, 11) is 0. The number of rotatable bonds is 8. The van der Waals surface area contributed by atoms with E-state index in [2.05, 4.69) is 31.3 Å². The topological polar surface area (TPSA) is 38.3 Å². The number of hydrogen-bond donors (Lipinski definition) is 1. The van der Waals surface area contributed by atoms with Crippen molar-refractivity contribution in [2.45, 2.75) is 32.9 Å². The van der Waals surface area contributed by atoms with E-state index in [0.29, 0.717) is 28.9 Å². The molecule has 1 amide bonds. The van der Waals surface area contributed by atoms with Crippen LogP contribution in [0.25, 0.3) is 0 Å². The molecule has 0 heterocycles. The van der Waals surface area contributed by atoms with Gasteiger partial charge < -0.3 is 10.1 Å². The molecule has 0 aliphatic carbocycles. The number of amides is 1. The number of halogens is 1. The highest BCUT2D eigenvalue weighted by Crippen LogP contribution is 2.23. The Labute approximate surface area is 177 Å². The van der Waals surface area contributed by atoms with E-state index in [9.17, 15) is 4.79 Å². The monoisotopic (exact) mass is 407 g/mol. The molecule has 0 saturated carbocycles. The van der Waals surface area contributed by atoms with Crippen LogP contribution in [0.15, 0.2) is 78.9 Å². The first kappa shape index (κ1) is 20.9. The predicted octanol–water partition coefficient (Wildman–Crippen LogP) is 6.44. The Balaban J connectivity index is 1.70. The van der Waals surface area contributed by atoms with Crippen LogP contribution in [0.1, 0.15) is 47.8 Å². The van der Waals surface area contributed by atoms with Gasteiger partial charge in [-0.05, 0) is 42.2 Å². The summed E-state index contributed by atoms with van der Waals surface area (Å²) in [6, 6.07) is 24.9. The molecule has 0 radical (unpaired) electrons. The van der Waals surface area contributed by atoms with Crippen molar-refractivity contribution in [2.24, 2.45) is 5.92 Å². The molecule has 3 rings (SSSR count). The van der Waals surface area contributed by atoms with E-state index in [-0.39, 0.29) is 11.9 Å². The van der Waals surface area contributed by atoms with Crippen LogP contribution >= 0.6 is 11.6 Å². The Hall–Kier alpha value is -2.78. The van der Waals surface area contributed by atoms with Crippen LogP contribution in [0.2, 0.25) is 5.02 Å². The summed E-state index contributed by atoms with van der Waals surface area (Å²) in [5, 5.41) is 3.84. The number of ether oxygens (including phenoxy) is 1. The van der Waals surface area contributed by atoms with Crippen molar-refractivity contribution in [3.63, 3.8) is 0 Å². The molecular formula is C25H26ClNO2. The van der Waals surface area contributed by atoms with Crippen molar-refractivity contribution in [2.75, 3.05) is 0 Å². The molecule has 1 N–H and O–H groups in total. The van der Waals surface area contributed by atoms with Crippen molar-refractivity contribution in [1.82, 2.24) is 5.32 Å². The summed E-state index contributed by atoms with van der Waals surface area (Å²) in [5.74, 6) is 0.992. The van der Waals surface area contributed by atoms with E-state index in [4.69, 9.17) is 16.3 Å². The molecule has 150 valence electrons. The maximum absolute atomic E-state index is 12.9. The van der Waals surface area contributed by atoms with Crippen molar-refractivity contribution in [3.05, 3.63) is 101 Å². The Morgan fingerprint density at radius 3 is 2.41 bits per heavy atom. The first-order valence-electron chi connectivity index (χ1n) is 9.85. The maximum atomic E-state index is 12.9. The molecule has 1 atom stereocenters. The average molecular weight is 408 g/mol. The minimum Gasteiger partial charge on any atom is -0.489 e. The molecule has 3 aromatic carbocycles. The minimum absolute atomic E-state index is 0.0311. The highest BCUT2D eigenvalue weighted by molar-refractivity contribution is 6.31. The smallest absolute Gasteiger partial charge is 0.251 e. The van der Waals surface area contributed by atoms with Gasteiger partial charge in [-0.15, -0.1) is 0 Å². The quantitative estimate of drug-likeness (QED) is 0.466. The number of carbonyl (C=O) groups excluding carboxylic acids is 1. The van der Waals surface area contributed by atoms with Crippen LogP contribution in [0.4, 0.5) is 0 Å². The summed E-state index contributed by atoms with van der Waals surface area (Å²) in [6.45, 7) is 4.67. The zero-order valence-corrected chi connectivity index (χ0v) is 17.5. The summed E-state index contributed by atoms with van der Waals surface area (Å²) < 4.78 is 5.85. The molecule has 0 aliphatic rings. The fourth-order valence-corrected chi connectivity index (χ4v) is 3.37. The third-order valence-corrected chi connectivity index (χ3v) is 5.03. The lowest BCUT2D eigenvalue weighted by molar-refractivity contribution is 0.0931. The van der Waals surface area contributed by atoms with Crippen LogP contribution < -0.4 is 10.1 Å². The van der Waals surface area contributed by atoms with Gasteiger partial charge in [-0.25, -0.2) is 0 Å². The summed E-state index contributed by atoms with van der Waals surface area (Å²) in [4.78, 5) is 12.9. The van der Waals surface area contributed by atoms with Crippen molar-refractivity contribution in [1.29, 1.82) is 0 Å². The second-order valence-corrected chi connectivity index (χ2v) is 7.88. The van der Waals surface area contributed by atoms with Gasteiger partial charge in [0.2, 0.25) is 0 Å². The molecule has 0 aromatic heterocycles. The Bertz CT molecular complexity index is 940. The number of carbonyl (C=O) groups is 1. The lowest BCUT2D eigenvalue weighted by Gasteiger charge is -2.21. The largest absolute Gasteiger partial charge is 0.489 e. The Kier molecular flexibility index (Phi) is 7.31. The third-order valence-electron chi connectivity index (χ3n) is 4.66. The van der Waals surface area contributed by atoms with Gasteiger partial charge >= 0.3 is 0 Å². The van der Waals surface area contributed by atoms with E-state index in [0.717, 1.165) is 17.5 Å². The predicted molar refractivity (Wildman–Crippen MR) is 118 cm³/mol. The van der Waals surface area contributed by atoms with E-state index in [1.807, 2.05) is 54.6 Å². The fourth-order valence-electron chi connectivity index (χ4n) is 3.18. The first-order valence-corrected chi connectivity index (χ1v) is 10.2. The van der Waals surface area contributed by atoms with Gasteiger partial charge in [-0.1, -0.05) is 80.0 Å². The van der Waals surface area contributed by atoms with Crippen molar-refractivity contribution >= 4 is 17.5 Å². The SMILES string of the molecule is CC(C)CC(NC(=O)c1cccc(OCc2ccccc2Cl)c1)c1ccccc1. The Morgan fingerprint density at radius 1 is 0.966 bits per heavy atom. The van der Waals surface area contributed by atoms with Crippen molar-refractivity contribution in [3.8, 4) is 5.75 Å². The lowest BCUT2D eigenvalue weighted by Crippen LogP contribution is -2.29. The van der Waals surface area contributed by atoms with Crippen LogP contribution in [0, 0.1) is 5.92 Å². The zero-order chi connectivity index (χ0) is 20.6. The van der Waals surface area contributed by atoms with E-state index < -0.39 is 0 Å². The average Bonchev–Trinajstić information content (AvgIpc) is 2.73. The fraction of sp³-hybridized carbons (Fsp3) is 0.240. The van der Waals surface area contributed by atoms with Gasteiger partial charge in [0.15, 0.2) is 0 Å². The lowest BCUT2D eigenvalue weighted by atomic mass is 9.96. The molecule has 29 heavy (non-hydrogen) atoms. The van der Waals surface area contributed by atoms with E-state index >= 15 is 0 Å². The van der Waals surface area contributed by atoms with Gasteiger partial charge in [0.1, 0.15) is 12.4 Å². The van der Waals surface area contributed by atoms with E-state index in [1.165, 1.54) is 0 Å². The van der Waals surface area contributed by atoms with Gasteiger partial charge in [-0.2, -0.15) is 0 Å². The highest BCUT2D eigenvalue weighted by Gasteiger charge is 2.17. The molecular weight excluding hydrogens is 382 g/mol. The molecule has 3 aromatic rings. The van der Waals surface area contributed by atoms with Gasteiger partial charge in [0, 0.05) is 16.1 Å². The molecule has 0 fully saturated rings. The van der Waals surface area contributed by atoms with Gasteiger partial charge in [-0.3, -0.25) is 4.79 Å². The summed E-state index contributed by atoms with van der Waals surface area (Å²) >= 11 is 6.19. The van der Waals surface area contributed by atoms with Gasteiger partial charge in [0.25, 0.3) is 5.91 Å². The molecule has 0 bridgehead atoms. The third kappa shape index (κ3) is 6.10. The molecule has 0 aliphatic heterocycles. The highest BCUT2D eigenvalue weighted by atomic mass is 35.5. The van der Waals surface area contributed by atoms with Crippen LogP contribution in [-0.4, -0.2) is 5.91 Å². The normalized spacial score (nSPS) is 11.9. The molecule has 4 heteroatoms.